The molecule has 7 heteroatoms. The van der Waals surface area contributed by atoms with Crippen molar-refractivity contribution in [1.82, 2.24) is 20.0 Å². The lowest BCUT2D eigenvalue weighted by molar-refractivity contribution is 0.101. The molecule has 2 heterocycles. The summed E-state index contributed by atoms with van der Waals surface area (Å²) in [7, 11) is 0. The minimum atomic E-state index is -0.0368. The first-order valence-electron chi connectivity index (χ1n) is 9.39. The number of hydrogen-bond donors (Lipinski definition) is 1. The van der Waals surface area contributed by atoms with Crippen molar-refractivity contribution in [3.8, 4) is 0 Å². The van der Waals surface area contributed by atoms with Crippen molar-refractivity contribution < 1.29 is 9.59 Å². The molecule has 1 fully saturated rings. The number of nitrogens with zero attached hydrogens (tertiary/aromatic N) is 4. The van der Waals surface area contributed by atoms with E-state index < -0.39 is 0 Å². The lowest BCUT2D eigenvalue weighted by Crippen LogP contribution is -2.51. The van der Waals surface area contributed by atoms with E-state index in [2.05, 4.69) is 15.3 Å². The number of ketones is 1. The summed E-state index contributed by atoms with van der Waals surface area (Å²) in [5.41, 5.74) is 3.81. The summed E-state index contributed by atoms with van der Waals surface area (Å²) in [5.74, 6) is 0.0720. The van der Waals surface area contributed by atoms with Crippen molar-refractivity contribution >= 4 is 17.5 Å². The summed E-state index contributed by atoms with van der Waals surface area (Å²) in [6.45, 7) is 9.80. The number of Topliss-reactive ketones (excluding diaryl/α,β-unsaturated/α-hetero) is 1. The predicted molar refractivity (Wildman–Crippen MR) is 105 cm³/mol. The summed E-state index contributed by atoms with van der Waals surface area (Å²) in [4.78, 5) is 27.9. The molecule has 1 N–H and O–H groups in total. The van der Waals surface area contributed by atoms with Crippen LogP contribution in [0.25, 0.3) is 0 Å². The second kappa shape index (κ2) is 8.24. The average Bonchev–Trinajstić information content (AvgIpc) is 3.06. The van der Waals surface area contributed by atoms with E-state index in [1.807, 2.05) is 53.9 Å². The highest BCUT2D eigenvalue weighted by Crippen LogP contribution is 2.18. The molecule has 2 amide bonds. The smallest absolute Gasteiger partial charge is 0.317 e. The zero-order valence-corrected chi connectivity index (χ0v) is 16.2. The van der Waals surface area contributed by atoms with E-state index in [1.165, 1.54) is 0 Å². The molecule has 0 atom stereocenters. The van der Waals surface area contributed by atoms with Crippen LogP contribution in [0.15, 0.2) is 30.5 Å². The van der Waals surface area contributed by atoms with Crippen molar-refractivity contribution in [1.29, 1.82) is 0 Å². The Hall–Kier alpha value is -2.83. The third kappa shape index (κ3) is 4.48. The second-order valence-corrected chi connectivity index (χ2v) is 6.83. The Morgan fingerprint density at radius 1 is 1.11 bits per heavy atom. The van der Waals surface area contributed by atoms with Crippen molar-refractivity contribution in [2.45, 2.75) is 33.9 Å². The van der Waals surface area contributed by atoms with Crippen LogP contribution in [-0.2, 0) is 13.1 Å². The molecule has 0 saturated carbocycles. The molecule has 0 unspecified atom stereocenters. The molecule has 0 bridgehead atoms. The van der Waals surface area contributed by atoms with E-state index in [1.54, 1.807) is 6.92 Å². The van der Waals surface area contributed by atoms with Crippen LogP contribution >= 0.6 is 0 Å². The zero-order valence-electron chi connectivity index (χ0n) is 16.2. The molecule has 1 aromatic carbocycles. The number of nitrogens with one attached hydrogen (secondary N) is 1. The van der Waals surface area contributed by atoms with Crippen LogP contribution in [0.5, 0.6) is 0 Å². The molecule has 0 spiro atoms. The van der Waals surface area contributed by atoms with Gasteiger partial charge >= 0.3 is 6.03 Å². The van der Waals surface area contributed by atoms with E-state index in [9.17, 15) is 9.59 Å². The number of hydrogen-bond acceptors (Lipinski definition) is 4. The molecule has 7 nitrogen and oxygen atoms in total. The van der Waals surface area contributed by atoms with Crippen LogP contribution in [0.4, 0.5) is 10.5 Å². The molecule has 144 valence electrons. The van der Waals surface area contributed by atoms with Gasteiger partial charge in [-0.25, -0.2) is 4.79 Å². The quantitative estimate of drug-likeness (QED) is 0.822. The van der Waals surface area contributed by atoms with Crippen LogP contribution in [0.3, 0.4) is 0 Å². The van der Waals surface area contributed by atoms with Crippen LogP contribution in [0.1, 0.15) is 35.5 Å². The van der Waals surface area contributed by atoms with E-state index in [0.29, 0.717) is 19.6 Å². The Balaban J connectivity index is 1.50. The maximum absolute atomic E-state index is 12.5. The fourth-order valence-corrected chi connectivity index (χ4v) is 3.25. The Labute approximate surface area is 159 Å². The Kier molecular flexibility index (Phi) is 5.78. The molecule has 0 radical (unpaired) electrons. The first-order chi connectivity index (χ1) is 13.0. The third-order valence-electron chi connectivity index (χ3n) is 5.01. The fraction of sp³-hybridized carbons (Fsp3) is 0.450. The van der Waals surface area contributed by atoms with Gasteiger partial charge in [0.25, 0.3) is 0 Å². The molecule has 0 aliphatic carbocycles. The van der Waals surface area contributed by atoms with Gasteiger partial charge in [-0.2, -0.15) is 5.10 Å². The lowest BCUT2D eigenvalue weighted by atomic mass is 10.1. The van der Waals surface area contributed by atoms with Gasteiger partial charge < -0.3 is 15.1 Å². The van der Waals surface area contributed by atoms with Crippen molar-refractivity contribution in [2.75, 3.05) is 31.1 Å². The first-order valence-corrected chi connectivity index (χ1v) is 9.39. The molecule has 1 aliphatic heterocycles. The normalized spacial score (nSPS) is 14.3. The number of carbonyl (C=O) groups is 2. The van der Waals surface area contributed by atoms with Gasteiger partial charge in [-0.3, -0.25) is 9.48 Å². The summed E-state index contributed by atoms with van der Waals surface area (Å²) in [6, 6.07) is 7.62. The lowest BCUT2D eigenvalue weighted by Gasteiger charge is -2.36. The van der Waals surface area contributed by atoms with Crippen molar-refractivity contribution in [3.63, 3.8) is 0 Å². The van der Waals surface area contributed by atoms with Gasteiger partial charge in [-0.05, 0) is 45.0 Å². The van der Waals surface area contributed by atoms with E-state index in [4.69, 9.17) is 0 Å². The fourth-order valence-electron chi connectivity index (χ4n) is 3.25. The molecule has 1 saturated heterocycles. The summed E-state index contributed by atoms with van der Waals surface area (Å²) >= 11 is 0. The number of urea groups is 1. The first kappa shape index (κ1) is 18.9. The Morgan fingerprint density at radius 2 is 1.78 bits per heavy atom. The van der Waals surface area contributed by atoms with Crippen LogP contribution in [0.2, 0.25) is 0 Å². The summed E-state index contributed by atoms with van der Waals surface area (Å²) in [5, 5.41) is 7.40. The van der Waals surface area contributed by atoms with Gasteiger partial charge in [-0.1, -0.05) is 0 Å². The van der Waals surface area contributed by atoms with Gasteiger partial charge in [0.05, 0.1) is 5.69 Å². The number of amides is 2. The number of carbonyl (C=O) groups excluding carboxylic acids is 2. The molecule has 2 aromatic rings. The minimum Gasteiger partial charge on any atom is -0.368 e. The summed E-state index contributed by atoms with van der Waals surface area (Å²) < 4.78 is 1.88. The van der Waals surface area contributed by atoms with Gasteiger partial charge in [-0.15, -0.1) is 0 Å². The third-order valence-corrected chi connectivity index (χ3v) is 5.01. The number of rotatable bonds is 5. The van der Waals surface area contributed by atoms with Gasteiger partial charge in [0.15, 0.2) is 5.78 Å². The van der Waals surface area contributed by atoms with E-state index in [0.717, 1.165) is 42.1 Å². The highest BCUT2D eigenvalue weighted by Gasteiger charge is 2.21. The van der Waals surface area contributed by atoms with Crippen molar-refractivity contribution in [2.24, 2.45) is 0 Å². The molecule has 27 heavy (non-hydrogen) atoms. The standard InChI is InChI=1S/C20H27N5O2/c1-4-25-14-18(15(2)22-25)13-21-20(27)24-11-9-23(10-12-24)19-7-5-17(6-8-19)16(3)26/h5-8,14H,4,9-13H2,1-3H3,(H,21,27). The Morgan fingerprint density at radius 3 is 2.33 bits per heavy atom. The molecule has 1 aliphatic rings. The van der Waals surface area contributed by atoms with Crippen LogP contribution in [-0.4, -0.2) is 52.7 Å². The molecule has 1 aromatic heterocycles. The minimum absolute atomic E-state index is 0.0368. The molecular weight excluding hydrogens is 342 g/mol. The van der Waals surface area contributed by atoms with Crippen molar-refractivity contribution in [3.05, 3.63) is 47.3 Å². The largest absolute Gasteiger partial charge is 0.368 e. The van der Waals surface area contributed by atoms with Crippen LogP contribution < -0.4 is 10.2 Å². The average molecular weight is 369 g/mol. The summed E-state index contributed by atoms with van der Waals surface area (Å²) in [6.07, 6.45) is 1.98. The number of aryl methyl sites for hydroxylation is 2. The highest BCUT2D eigenvalue weighted by atomic mass is 16.2. The number of piperazine rings is 1. The second-order valence-electron chi connectivity index (χ2n) is 6.83. The maximum Gasteiger partial charge on any atom is 0.317 e. The van der Waals surface area contributed by atoms with Gasteiger partial charge in [0.1, 0.15) is 0 Å². The molecular formula is C20H27N5O2. The topological polar surface area (TPSA) is 70.5 Å². The van der Waals surface area contributed by atoms with Gasteiger partial charge in [0, 0.05) is 62.3 Å². The highest BCUT2D eigenvalue weighted by molar-refractivity contribution is 5.94. The number of aromatic nitrogens is 2. The van der Waals surface area contributed by atoms with Gasteiger partial charge in [0.2, 0.25) is 0 Å². The van der Waals surface area contributed by atoms with E-state index >= 15 is 0 Å². The monoisotopic (exact) mass is 369 g/mol. The number of benzene rings is 1. The SMILES string of the molecule is CCn1cc(CNC(=O)N2CCN(c3ccc(C(C)=O)cc3)CC2)c(C)n1. The van der Waals surface area contributed by atoms with Crippen LogP contribution in [0, 0.1) is 6.92 Å². The number of anilines is 1. The molecule has 3 rings (SSSR count). The predicted octanol–water partition coefficient (Wildman–Crippen LogP) is 2.45. The van der Waals surface area contributed by atoms with E-state index in [-0.39, 0.29) is 11.8 Å². The zero-order chi connectivity index (χ0) is 19.4. The Bertz CT molecular complexity index is 804. The maximum atomic E-state index is 12.5.